The number of aromatic carboxylic acids is 1. The molecule has 2 rings (SSSR count). The van der Waals surface area contributed by atoms with Crippen molar-refractivity contribution in [1.29, 1.82) is 0 Å². The lowest BCUT2D eigenvalue weighted by molar-refractivity contribution is 0.0693. The second-order valence-electron chi connectivity index (χ2n) is 3.63. The first-order chi connectivity index (χ1) is 8.49. The highest BCUT2D eigenvalue weighted by atomic mass is 35.5. The number of nitrogens with two attached hydrogens (primary N) is 1. The fourth-order valence-corrected chi connectivity index (χ4v) is 2.76. The minimum Gasteiger partial charge on any atom is -0.478 e. The van der Waals surface area contributed by atoms with Crippen molar-refractivity contribution in [3.05, 3.63) is 40.8 Å². The molecule has 3 N–H and O–H groups in total. The van der Waals surface area contributed by atoms with Crippen molar-refractivity contribution in [1.82, 2.24) is 0 Å². The number of hydrogen-bond donors (Lipinski definition) is 2. The Labute approximate surface area is 113 Å². The van der Waals surface area contributed by atoms with E-state index in [9.17, 15) is 4.79 Å². The monoisotopic (exact) mass is 283 g/mol. The molecule has 2 aromatic rings. The van der Waals surface area contributed by atoms with E-state index in [1.54, 1.807) is 19.3 Å². The van der Waals surface area contributed by atoms with Crippen molar-refractivity contribution in [2.45, 2.75) is 16.7 Å². The molecule has 0 amide bonds. The molecule has 1 aromatic heterocycles. The van der Waals surface area contributed by atoms with Gasteiger partial charge in [0.2, 0.25) is 0 Å². The van der Waals surface area contributed by atoms with E-state index in [0.29, 0.717) is 21.4 Å². The minimum atomic E-state index is -1.06. The van der Waals surface area contributed by atoms with Crippen LogP contribution in [0.25, 0.3) is 0 Å². The molecule has 0 unspecified atom stereocenters. The number of carboxylic acid groups (broad SMARTS) is 1. The van der Waals surface area contributed by atoms with E-state index in [4.69, 9.17) is 26.9 Å². The standard InChI is InChI=1S/C12H10ClNO3S/c1-6-10(2-3-17-6)18-11-8(12(15)16)4-7(14)5-9(11)13/h2-5H,14H2,1H3,(H,15,16). The molecule has 0 bridgehead atoms. The molecule has 0 spiro atoms. The average Bonchev–Trinajstić information content (AvgIpc) is 2.67. The first-order valence-electron chi connectivity index (χ1n) is 5.03. The number of furan rings is 1. The van der Waals surface area contributed by atoms with Gasteiger partial charge < -0.3 is 15.3 Å². The molecule has 0 aliphatic carbocycles. The maximum absolute atomic E-state index is 11.2. The summed E-state index contributed by atoms with van der Waals surface area (Å²) in [6.07, 6.45) is 1.54. The van der Waals surface area contributed by atoms with Crippen LogP contribution < -0.4 is 5.73 Å². The molecule has 0 atom stereocenters. The maximum Gasteiger partial charge on any atom is 0.336 e. The van der Waals surface area contributed by atoms with Crippen LogP contribution in [-0.4, -0.2) is 11.1 Å². The van der Waals surface area contributed by atoms with Gasteiger partial charge in [-0.2, -0.15) is 0 Å². The van der Waals surface area contributed by atoms with Crippen LogP contribution in [0.4, 0.5) is 5.69 Å². The normalized spacial score (nSPS) is 10.6. The predicted molar refractivity (Wildman–Crippen MR) is 70.4 cm³/mol. The first kappa shape index (κ1) is 12.9. The number of carbonyl (C=O) groups is 1. The number of halogens is 1. The minimum absolute atomic E-state index is 0.0885. The quantitative estimate of drug-likeness (QED) is 0.841. The van der Waals surface area contributed by atoms with E-state index in [0.717, 1.165) is 4.90 Å². The van der Waals surface area contributed by atoms with E-state index in [1.807, 2.05) is 0 Å². The highest BCUT2D eigenvalue weighted by Crippen LogP contribution is 2.39. The predicted octanol–water partition coefficient (Wildman–Crippen LogP) is 3.67. The Bertz CT molecular complexity index is 609. The van der Waals surface area contributed by atoms with Crippen molar-refractivity contribution in [3.63, 3.8) is 0 Å². The molecule has 0 radical (unpaired) electrons. The summed E-state index contributed by atoms with van der Waals surface area (Å²) in [6, 6.07) is 4.69. The summed E-state index contributed by atoms with van der Waals surface area (Å²) in [5, 5.41) is 9.48. The fourth-order valence-electron chi connectivity index (χ4n) is 1.47. The van der Waals surface area contributed by atoms with Crippen LogP contribution in [0.15, 0.2) is 38.7 Å². The summed E-state index contributed by atoms with van der Waals surface area (Å²) < 4.78 is 5.16. The van der Waals surface area contributed by atoms with E-state index >= 15 is 0 Å². The number of aryl methyl sites for hydroxylation is 1. The van der Waals surface area contributed by atoms with Gasteiger partial charge in [-0.05, 0) is 25.1 Å². The van der Waals surface area contributed by atoms with E-state index in [2.05, 4.69) is 0 Å². The van der Waals surface area contributed by atoms with Gasteiger partial charge in [0.05, 0.1) is 21.7 Å². The van der Waals surface area contributed by atoms with Crippen LogP contribution in [0, 0.1) is 6.92 Å². The number of rotatable bonds is 3. The Kier molecular flexibility index (Phi) is 3.54. The molecule has 6 heteroatoms. The molecule has 0 fully saturated rings. The van der Waals surface area contributed by atoms with Crippen LogP contribution in [0.1, 0.15) is 16.1 Å². The van der Waals surface area contributed by atoms with E-state index < -0.39 is 5.97 Å². The topological polar surface area (TPSA) is 76.5 Å². The summed E-state index contributed by atoms with van der Waals surface area (Å²) in [4.78, 5) is 12.5. The van der Waals surface area contributed by atoms with Crippen LogP contribution in [0.5, 0.6) is 0 Å². The molecular formula is C12H10ClNO3S. The van der Waals surface area contributed by atoms with Crippen LogP contribution in [0.2, 0.25) is 5.02 Å². The number of anilines is 1. The third kappa shape index (κ3) is 2.47. The van der Waals surface area contributed by atoms with Crippen molar-refractivity contribution in [2.24, 2.45) is 0 Å². The first-order valence-corrected chi connectivity index (χ1v) is 6.22. The van der Waals surface area contributed by atoms with Crippen molar-refractivity contribution >= 4 is 35.0 Å². The largest absolute Gasteiger partial charge is 0.478 e. The Balaban J connectivity index is 2.50. The molecule has 18 heavy (non-hydrogen) atoms. The SMILES string of the molecule is Cc1occc1Sc1c(Cl)cc(N)cc1C(=O)O. The number of nitrogen functional groups attached to an aromatic ring is 1. The summed E-state index contributed by atoms with van der Waals surface area (Å²) >= 11 is 7.30. The van der Waals surface area contributed by atoms with Gasteiger partial charge in [-0.25, -0.2) is 4.79 Å². The summed E-state index contributed by atoms with van der Waals surface area (Å²) in [5.41, 5.74) is 6.01. The fraction of sp³-hybridized carbons (Fsp3) is 0.0833. The second-order valence-corrected chi connectivity index (χ2v) is 5.09. The van der Waals surface area contributed by atoms with Crippen LogP contribution >= 0.6 is 23.4 Å². The van der Waals surface area contributed by atoms with Gasteiger partial charge in [-0.1, -0.05) is 23.4 Å². The number of benzene rings is 1. The van der Waals surface area contributed by atoms with Crippen LogP contribution in [-0.2, 0) is 0 Å². The molecule has 0 saturated heterocycles. The van der Waals surface area contributed by atoms with E-state index in [-0.39, 0.29) is 5.56 Å². The Hall–Kier alpha value is -1.59. The van der Waals surface area contributed by atoms with Crippen molar-refractivity contribution in [3.8, 4) is 0 Å². The van der Waals surface area contributed by atoms with Gasteiger partial charge in [-0.15, -0.1) is 0 Å². The summed E-state index contributed by atoms with van der Waals surface area (Å²) in [6.45, 7) is 1.80. The third-order valence-electron chi connectivity index (χ3n) is 2.32. The zero-order valence-electron chi connectivity index (χ0n) is 9.44. The van der Waals surface area contributed by atoms with Gasteiger partial charge >= 0.3 is 5.97 Å². The van der Waals surface area contributed by atoms with Crippen molar-refractivity contribution < 1.29 is 14.3 Å². The smallest absolute Gasteiger partial charge is 0.336 e. The highest BCUT2D eigenvalue weighted by molar-refractivity contribution is 7.99. The highest BCUT2D eigenvalue weighted by Gasteiger charge is 2.17. The van der Waals surface area contributed by atoms with Gasteiger partial charge in [0.15, 0.2) is 0 Å². The molecule has 1 heterocycles. The van der Waals surface area contributed by atoms with Gasteiger partial charge in [0, 0.05) is 10.6 Å². The number of hydrogen-bond acceptors (Lipinski definition) is 4. The summed E-state index contributed by atoms with van der Waals surface area (Å²) in [5.74, 6) is -0.350. The third-order valence-corrected chi connectivity index (χ3v) is 4.02. The Morgan fingerprint density at radius 1 is 1.50 bits per heavy atom. The molecule has 1 aromatic carbocycles. The molecule has 0 aliphatic heterocycles. The molecule has 0 aliphatic rings. The maximum atomic E-state index is 11.2. The lowest BCUT2D eigenvalue weighted by atomic mass is 10.2. The Morgan fingerprint density at radius 2 is 2.22 bits per heavy atom. The Morgan fingerprint density at radius 3 is 2.78 bits per heavy atom. The lowest BCUT2D eigenvalue weighted by Gasteiger charge is -2.08. The van der Waals surface area contributed by atoms with Gasteiger partial charge in [0.1, 0.15) is 5.76 Å². The summed E-state index contributed by atoms with van der Waals surface area (Å²) in [7, 11) is 0. The van der Waals surface area contributed by atoms with Crippen molar-refractivity contribution in [2.75, 3.05) is 5.73 Å². The second kappa shape index (κ2) is 4.96. The van der Waals surface area contributed by atoms with Gasteiger partial charge in [-0.3, -0.25) is 0 Å². The zero-order valence-corrected chi connectivity index (χ0v) is 11.0. The van der Waals surface area contributed by atoms with E-state index in [1.165, 1.54) is 23.9 Å². The molecule has 4 nitrogen and oxygen atoms in total. The van der Waals surface area contributed by atoms with Crippen LogP contribution in [0.3, 0.4) is 0 Å². The molecular weight excluding hydrogens is 274 g/mol. The number of carboxylic acids is 1. The molecule has 0 saturated carbocycles. The zero-order chi connectivity index (χ0) is 13.3. The van der Waals surface area contributed by atoms with Gasteiger partial charge in [0.25, 0.3) is 0 Å². The average molecular weight is 284 g/mol. The molecule has 94 valence electrons. The lowest BCUT2D eigenvalue weighted by Crippen LogP contribution is -2.01.